The third-order valence-corrected chi connectivity index (χ3v) is 8.13. The smallest absolute Gasteiger partial charge is 0.325 e. The van der Waals surface area contributed by atoms with Crippen LogP contribution in [0.3, 0.4) is 0 Å². The number of nitrogens with one attached hydrogen (secondary N) is 2. The van der Waals surface area contributed by atoms with Gasteiger partial charge < -0.3 is 10.2 Å². The van der Waals surface area contributed by atoms with E-state index < -0.39 is 15.9 Å². The van der Waals surface area contributed by atoms with E-state index in [0.717, 1.165) is 48.5 Å². The molecule has 0 aliphatic carbocycles. The second-order valence-corrected chi connectivity index (χ2v) is 10.5. The predicted octanol–water partition coefficient (Wildman–Crippen LogP) is 4.31. The van der Waals surface area contributed by atoms with Crippen LogP contribution in [0, 0.1) is 6.92 Å². The van der Waals surface area contributed by atoms with Crippen LogP contribution in [0.4, 0.5) is 21.3 Å². The van der Waals surface area contributed by atoms with Gasteiger partial charge in [-0.3, -0.25) is 10.3 Å². The Morgan fingerprint density at radius 1 is 1.10 bits per heavy atom. The summed E-state index contributed by atoms with van der Waals surface area (Å²) < 4.78 is 25.4. The highest BCUT2D eigenvalue weighted by Gasteiger charge is 2.22. The monoisotopic (exact) mass is 457 g/mol. The van der Waals surface area contributed by atoms with Gasteiger partial charge in [-0.1, -0.05) is 17.4 Å². The van der Waals surface area contributed by atoms with E-state index in [4.69, 9.17) is 0 Å². The fourth-order valence-corrected chi connectivity index (χ4v) is 5.85. The minimum atomic E-state index is -3.72. The second-order valence-electron chi connectivity index (χ2n) is 7.32. The minimum Gasteiger partial charge on any atom is -0.370 e. The molecule has 0 radical (unpaired) electrons. The van der Waals surface area contributed by atoms with E-state index in [-0.39, 0.29) is 14.2 Å². The van der Waals surface area contributed by atoms with E-state index in [9.17, 15) is 13.2 Å². The first-order chi connectivity index (χ1) is 14.9. The molecule has 0 bridgehead atoms. The van der Waals surface area contributed by atoms with E-state index in [1.54, 1.807) is 6.07 Å². The van der Waals surface area contributed by atoms with E-state index in [1.807, 2.05) is 19.1 Å². The summed E-state index contributed by atoms with van der Waals surface area (Å²) in [6, 6.07) is 8.47. The van der Waals surface area contributed by atoms with Crippen molar-refractivity contribution in [3.63, 3.8) is 0 Å². The highest BCUT2D eigenvalue weighted by Crippen LogP contribution is 2.31. The van der Waals surface area contributed by atoms with Crippen molar-refractivity contribution in [3.05, 3.63) is 54.5 Å². The largest absolute Gasteiger partial charge is 0.370 e. The van der Waals surface area contributed by atoms with Crippen molar-refractivity contribution >= 4 is 43.7 Å². The van der Waals surface area contributed by atoms with E-state index in [2.05, 4.69) is 31.6 Å². The molecule has 2 amide bonds. The first-order valence-electron chi connectivity index (χ1n) is 9.98. The zero-order valence-corrected chi connectivity index (χ0v) is 18.7. The van der Waals surface area contributed by atoms with Gasteiger partial charge in [0.1, 0.15) is 4.21 Å². The molecule has 3 heterocycles. The van der Waals surface area contributed by atoms with Crippen molar-refractivity contribution in [2.75, 3.05) is 28.6 Å². The van der Waals surface area contributed by atoms with E-state index in [1.165, 1.54) is 31.1 Å². The van der Waals surface area contributed by atoms with Gasteiger partial charge in [-0.2, -0.15) is 0 Å². The molecular formula is C21H23N5O3S2. The molecule has 10 heteroatoms. The molecule has 1 aliphatic rings. The number of piperidine rings is 1. The topological polar surface area (TPSA) is 104 Å². The van der Waals surface area contributed by atoms with Gasteiger partial charge in [0.15, 0.2) is 5.13 Å². The Bertz CT molecular complexity index is 1170. The van der Waals surface area contributed by atoms with Crippen LogP contribution < -0.4 is 15.5 Å². The fraction of sp³-hybridized carbons (Fsp3) is 0.286. The van der Waals surface area contributed by atoms with Crippen LogP contribution in [-0.4, -0.2) is 37.5 Å². The number of aromatic nitrogens is 2. The Morgan fingerprint density at radius 2 is 1.90 bits per heavy atom. The predicted molar refractivity (Wildman–Crippen MR) is 122 cm³/mol. The molecule has 0 atom stereocenters. The molecule has 8 nitrogen and oxygen atoms in total. The summed E-state index contributed by atoms with van der Waals surface area (Å²) in [7, 11) is -3.72. The Morgan fingerprint density at radius 3 is 2.65 bits per heavy atom. The van der Waals surface area contributed by atoms with Crippen molar-refractivity contribution in [2.24, 2.45) is 0 Å². The average Bonchev–Trinajstić information content (AvgIpc) is 3.25. The number of hydrogen-bond acceptors (Lipinski definition) is 7. The summed E-state index contributed by atoms with van der Waals surface area (Å²) in [4.78, 5) is 22.9. The van der Waals surface area contributed by atoms with Crippen LogP contribution in [0.2, 0.25) is 0 Å². The first kappa shape index (κ1) is 21.3. The normalized spacial score (nSPS) is 14.3. The van der Waals surface area contributed by atoms with E-state index >= 15 is 0 Å². The number of sulfone groups is 1. The minimum absolute atomic E-state index is 0.0418. The fourth-order valence-electron chi connectivity index (χ4n) is 3.46. The summed E-state index contributed by atoms with van der Waals surface area (Å²) >= 11 is 0.899. The Balaban J connectivity index is 1.48. The lowest BCUT2D eigenvalue weighted by atomic mass is 10.1. The summed E-state index contributed by atoms with van der Waals surface area (Å²) in [5.74, 6) is 0. The van der Waals surface area contributed by atoms with Gasteiger partial charge in [0, 0.05) is 25.5 Å². The summed E-state index contributed by atoms with van der Waals surface area (Å²) in [6.07, 6.45) is 7.52. The number of nitrogens with zero attached hydrogens (tertiary/aromatic N) is 3. The SMILES string of the molecule is Cc1ccc(NC(=O)Nc2ncc(S(=O)(=O)c3cccnc3)s2)c(N2CCCCC2)c1. The number of anilines is 3. The number of carbonyl (C=O) groups excluding carboxylic acids is 1. The van der Waals surface area contributed by atoms with Gasteiger partial charge in [0.05, 0.1) is 22.5 Å². The molecular weight excluding hydrogens is 434 g/mol. The van der Waals surface area contributed by atoms with Crippen molar-refractivity contribution in [1.29, 1.82) is 0 Å². The van der Waals surface area contributed by atoms with Crippen LogP contribution in [0.25, 0.3) is 0 Å². The molecule has 0 saturated carbocycles. The van der Waals surface area contributed by atoms with Crippen molar-refractivity contribution in [3.8, 4) is 0 Å². The lowest BCUT2D eigenvalue weighted by Gasteiger charge is -2.30. The Kier molecular flexibility index (Phi) is 6.19. The molecule has 31 heavy (non-hydrogen) atoms. The number of rotatable bonds is 5. The standard InChI is InChI=1S/C21H23N5O3S2/c1-15-7-8-17(18(12-15)26-10-3-2-4-11-26)24-20(27)25-21-23-14-19(30-21)31(28,29)16-6-5-9-22-13-16/h5-9,12-14H,2-4,10-11H2,1H3,(H2,23,24,25,27). The molecule has 3 aromatic rings. The molecule has 2 N–H and O–H groups in total. The summed E-state index contributed by atoms with van der Waals surface area (Å²) in [5.41, 5.74) is 2.83. The van der Waals surface area contributed by atoms with Crippen molar-refractivity contribution < 1.29 is 13.2 Å². The third kappa shape index (κ3) is 4.86. The first-order valence-corrected chi connectivity index (χ1v) is 12.3. The average molecular weight is 458 g/mol. The number of pyridine rings is 1. The van der Waals surface area contributed by atoms with Crippen LogP contribution in [0.1, 0.15) is 24.8 Å². The molecule has 4 rings (SSSR count). The van der Waals surface area contributed by atoms with Crippen molar-refractivity contribution in [1.82, 2.24) is 9.97 Å². The van der Waals surface area contributed by atoms with Crippen LogP contribution in [-0.2, 0) is 9.84 Å². The van der Waals surface area contributed by atoms with Gasteiger partial charge >= 0.3 is 6.03 Å². The molecule has 1 aliphatic heterocycles. The number of benzene rings is 1. The number of amides is 2. The van der Waals surface area contributed by atoms with Crippen LogP contribution in [0.15, 0.2) is 58.0 Å². The highest BCUT2D eigenvalue weighted by molar-refractivity contribution is 7.93. The Labute approximate surface area is 185 Å². The molecule has 0 spiro atoms. The van der Waals surface area contributed by atoms with E-state index in [0.29, 0.717) is 5.69 Å². The quantitative estimate of drug-likeness (QED) is 0.591. The second kappa shape index (κ2) is 9.03. The maximum Gasteiger partial charge on any atom is 0.325 e. The van der Waals surface area contributed by atoms with Gasteiger partial charge in [-0.05, 0) is 56.0 Å². The zero-order chi connectivity index (χ0) is 21.8. The number of carbonyl (C=O) groups is 1. The Hall–Kier alpha value is -2.98. The van der Waals surface area contributed by atoms with Gasteiger partial charge in [-0.15, -0.1) is 0 Å². The third-order valence-electron chi connectivity index (χ3n) is 5.01. The van der Waals surface area contributed by atoms with Crippen LogP contribution in [0.5, 0.6) is 0 Å². The van der Waals surface area contributed by atoms with Crippen LogP contribution >= 0.6 is 11.3 Å². The maximum atomic E-state index is 12.7. The molecule has 0 unspecified atom stereocenters. The highest BCUT2D eigenvalue weighted by atomic mass is 32.2. The molecule has 1 fully saturated rings. The molecule has 1 aromatic carbocycles. The van der Waals surface area contributed by atoms with Gasteiger partial charge in [-0.25, -0.2) is 18.2 Å². The van der Waals surface area contributed by atoms with Crippen molar-refractivity contribution in [2.45, 2.75) is 35.3 Å². The van der Waals surface area contributed by atoms with Gasteiger partial charge in [0.2, 0.25) is 9.84 Å². The number of urea groups is 1. The summed E-state index contributed by atoms with van der Waals surface area (Å²) in [5, 5.41) is 5.72. The number of thiazole rings is 1. The zero-order valence-electron chi connectivity index (χ0n) is 17.0. The maximum absolute atomic E-state index is 12.7. The summed E-state index contributed by atoms with van der Waals surface area (Å²) in [6.45, 7) is 3.95. The lowest BCUT2D eigenvalue weighted by Crippen LogP contribution is -2.31. The molecule has 162 valence electrons. The molecule has 1 saturated heterocycles. The lowest BCUT2D eigenvalue weighted by molar-refractivity contribution is 0.262. The number of hydrogen-bond donors (Lipinski definition) is 2. The number of aryl methyl sites for hydroxylation is 1. The van der Waals surface area contributed by atoms with Gasteiger partial charge in [0.25, 0.3) is 0 Å². The molecule has 2 aromatic heterocycles.